The van der Waals surface area contributed by atoms with Crippen LogP contribution < -0.4 is 14.2 Å². The van der Waals surface area contributed by atoms with Gasteiger partial charge in [0.05, 0.1) is 26.2 Å². The number of aliphatic carboxylic acids is 1. The Bertz CT molecular complexity index is 532. The Labute approximate surface area is 131 Å². The van der Waals surface area contributed by atoms with E-state index in [-0.39, 0.29) is 0 Å². The summed E-state index contributed by atoms with van der Waals surface area (Å²) >= 11 is 0. The largest absolute Gasteiger partial charge is 0.496 e. The fraction of sp³-hybridized carbons (Fsp3) is 0.588. The molecule has 1 N–H and O–H groups in total. The molecule has 0 saturated heterocycles. The topological polar surface area (TPSA) is 65.0 Å². The first kappa shape index (κ1) is 16.5. The smallest absolute Gasteiger partial charge is 0.314 e. The van der Waals surface area contributed by atoms with E-state index in [0.717, 1.165) is 19.3 Å². The monoisotopic (exact) mass is 308 g/mol. The van der Waals surface area contributed by atoms with Crippen LogP contribution in [-0.4, -0.2) is 31.9 Å². The van der Waals surface area contributed by atoms with Crippen LogP contribution in [0.1, 0.15) is 44.6 Å². The summed E-state index contributed by atoms with van der Waals surface area (Å²) in [5.74, 6) is 0.869. The zero-order valence-electron chi connectivity index (χ0n) is 13.5. The molecule has 1 aliphatic carbocycles. The summed E-state index contributed by atoms with van der Waals surface area (Å²) in [7, 11) is 3.11. The Morgan fingerprint density at radius 2 is 1.73 bits per heavy atom. The first-order chi connectivity index (χ1) is 10.6. The molecule has 0 unspecified atom stereocenters. The second kappa shape index (κ2) is 6.90. The van der Waals surface area contributed by atoms with Gasteiger partial charge in [-0.25, -0.2) is 0 Å². The first-order valence-electron chi connectivity index (χ1n) is 7.71. The lowest BCUT2D eigenvalue weighted by molar-refractivity contribution is -0.145. The van der Waals surface area contributed by atoms with E-state index in [1.807, 2.05) is 6.92 Å². The van der Waals surface area contributed by atoms with Gasteiger partial charge in [0.2, 0.25) is 0 Å². The molecule has 5 heteroatoms. The molecule has 0 atom stereocenters. The molecule has 0 aliphatic heterocycles. The molecule has 1 aliphatic rings. The summed E-state index contributed by atoms with van der Waals surface area (Å²) in [4.78, 5) is 12.0. The van der Waals surface area contributed by atoms with Crippen LogP contribution in [0, 0.1) is 0 Å². The van der Waals surface area contributed by atoms with Crippen LogP contribution in [0.5, 0.6) is 17.2 Å². The zero-order chi connectivity index (χ0) is 16.2. The lowest BCUT2D eigenvalue weighted by Crippen LogP contribution is -2.38. The third kappa shape index (κ3) is 2.85. The van der Waals surface area contributed by atoms with Gasteiger partial charge < -0.3 is 19.3 Å². The normalized spacial score (nSPS) is 16.9. The van der Waals surface area contributed by atoms with Gasteiger partial charge in [-0.05, 0) is 25.8 Å². The lowest BCUT2D eigenvalue weighted by atomic mass is 9.69. The van der Waals surface area contributed by atoms with Crippen molar-refractivity contribution in [3.8, 4) is 17.2 Å². The minimum atomic E-state index is -0.901. The maximum absolute atomic E-state index is 12.0. The number of ether oxygens (including phenoxy) is 3. The van der Waals surface area contributed by atoms with E-state index in [1.54, 1.807) is 26.4 Å². The summed E-state index contributed by atoms with van der Waals surface area (Å²) in [5.41, 5.74) is -0.215. The molecule has 1 aromatic carbocycles. The molecule has 0 radical (unpaired) electrons. The van der Waals surface area contributed by atoms with Gasteiger partial charge in [-0.15, -0.1) is 0 Å². The lowest BCUT2D eigenvalue weighted by Gasteiger charge is -2.35. The van der Waals surface area contributed by atoms with Crippen molar-refractivity contribution in [3.05, 3.63) is 17.7 Å². The maximum Gasteiger partial charge on any atom is 0.314 e. The zero-order valence-corrected chi connectivity index (χ0v) is 13.5. The van der Waals surface area contributed by atoms with Crippen LogP contribution in [0.3, 0.4) is 0 Å². The highest BCUT2D eigenvalue weighted by molar-refractivity contribution is 5.83. The van der Waals surface area contributed by atoms with Crippen molar-refractivity contribution in [2.75, 3.05) is 20.8 Å². The molecule has 122 valence electrons. The fourth-order valence-corrected chi connectivity index (χ4v) is 3.27. The third-order valence-corrected chi connectivity index (χ3v) is 4.42. The maximum atomic E-state index is 12.0. The molecule has 1 fully saturated rings. The predicted octanol–water partition coefficient (Wildman–Crippen LogP) is 3.39. The van der Waals surface area contributed by atoms with Gasteiger partial charge in [0.15, 0.2) is 11.5 Å². The SMILES string of the molecule is CCOc1cc(C2(C(=O)O)CCCCC2)c(OC)cc1OC. The van der Waals surface area contributed by atoms with Crippen LogP contribution in [0.25, 0.3) is 0 Å². The van der Waals surface area contributed by atoms with Gasteiger partial charge in [0, 0.05) is 11.6 Å². The summed E-state index contributed by atoms with van der Waals surface area (Å²) < 4.78 is 16.4. The standard InChI is InChI=1S/C17H24O5/c1-4-22-15-10-12(13(20-2)11-14(15)21-3)17(16(18)19)8-6-5-7-9-17/h10-11H,4-9H2,1-3H3,(H,18,19). The average molecular weight is 308 g/mol. The quantitative estimate of drug-likeness (QED) is 0.872. The molecule has 22 heavy (non-hydrogen) atoms. The van der Waals surface area contributed by atoms with Gasteiger partial charge in [-0.2, -0.15) is 0 Å². The van der Waals surface area contributed by atoms with Gasteiger partial charge in [0.1, 0.15) is 5.75 Å². The minimum Gasteiger partial charge on any atom is -0.496 e. The molecule has 0 spiro atoms. The van der Waals surface area contributed by atoms with E-state index >= 15 is 0 Å². The Hall–Kier alpha value is -1.91. The number of carboxylic acids is 1. The highest BCUT2D eigenvalue weighted by atomic mass is 16.5. The number of methoxy groups -OCH3 is 2. The van der Waals surface area contributed by atoms with Crippen molar-refractivity contribution >= 4 is 5.97 Å². The molecule has 1 aromatic rings. The number of carbonyl (C=O) groups is 1. The van der Waals surface area contributed by atoms with E-state index in [0.29, 0.717) is 42.3 Å². The molecule has 0 amide bonds. The van der Waals surface area contributed by atoms with Crippen LogP contribution in [0.2, 0.25) is 0 Å². The van der Waals surface area contributed by atoms with Crippen molar-refractivity contribution in [1.82, 2.24) is 0 Å². The molecular weight excluding hydrogens is 284 g/mol. The number of hydrogen-bond donors (Lipinski definition) is 1. The van der Waals surface area contributed by atoms with E-state index in [9.17, 15) is 9.90 Å². The van der Waals surface area contributed by atoms with Crippen LogP contribution in [-0.2, 0) is 10.2 Å². The molecule has 1 saturated carbocycles. The Morgan fingerprint density at radius 3 is 2.23 bits per heavy atom. The van der Waals surface area contributed by atoms with Crippen molar-refractivity contribution in [2.45, 2.75) is 44.4 Å². The highest BCUT2D eigenvalue weighted by Gasteiger charge is 2.44. The van der Waals surface area contributed by atoms with Gasteiger partial charge in [-0.3, -0.25) is 4.79 Å². The summed E-state index contributed by atoms with van der Waals surface area (Å²) in [6, 6.07) is 3.50. The number of carboxylic acid groups (broad SMARTS) is 1. The van der Waals surface area contributed by atoms with E-state index < -0.39 is 11.4 Å². The van der Waals surface area contributed by atoms with E-state index in [1.165, 1.54) is 0 Å². The van der Waals surface area contributed by atoms with E-state index in [2.05, 4.69) is 0 Å². The van der Waals surface area contributed by atoms with Crippen molar-refractivity contribution in [2.24, 2.45) is 0 Å². The molecule has 0 heterocycles. The van der Waals surface area contributed by atoms with Crippen molar-refractivity contribution in [3.63, 3.8) is 0 Å². The van der Waals surface area contributed by atoms with Crippen LogP contribution >= 0.6 is 0 Å². The minimum absolute atomic E-state index is 0.488. The summed E-state index contributed by atoms with van der Waals surface area (Å²) in [6.07, 6.45) is 4.13. The average Bonchev–Trinajstić information content (AvgIpc) is 2.55. The molecule has 0 bridgehead atoms. The predicted molar refractivity (Wildman–Crippen MR) is 83.1 cm³/mol. The molecular formula is C17H24O5. The van der Waals surface area contributed by atoms with Crippen LogP contribution in [0.15, 0.2) is 12.1 Å². The molecule has 2 rings (SSSR count). The fourth-order valence-electron chi connectivity index (χ4n) is 3.27. The first-order valence-corrected chi connectivity index (χ1v) is 7.71. The Kier molecular flexibility index (Phi) is 5.16. The van der Waals surface area contributed by atoms with Crippen LogP contribution in [0.4, 0.5) is 0 Å². The summed E-state index contributed by atoms with van der Waals surface area (Å²) in [6.45, 7) is 2.37. The highest BCUT2D eigenvalue weighted by Crippen LogP contribution is 2.47. The third-order valence-electron chi connectivity index (χ3n) is 4.42. The van der Waals surface area contributed by atoms with Crippen molar-refractivity contribution < 1.29 is 24.1 Å². The van der Waals surface area contributed by atoms with Gasteiger partial charge >= 0.3 is 5.97 Å². The van der Waals surface area contributed by atoms with Gasteiger partial charge in [0.25, 0.3) is 0 Å². The Balaban J connectivity index is 2.59. The second-order valence-electron chi connectivity index (χ2n) is 5.58. The summed E-state index contributed by atoms with van der Waals surface area (Å²) in [5, 5.41) is 9.88. The Morgan fingerprint density at radius 1 is 1.09 bits per heavy atom. The molecule has 5 nitrogen and oxygen atoms in total. The number of benzene rings is 1. The van der Waals surface area contributed by atoms with Gasteiger partial charge in [-0.1, -0.05) is 19.3 Å². The van der Waals surface area contributed by atoms with Crippen molar-refractivity contribution in [1.29, 1.82) is 0 Å². The number of hydrogen-bond acceptors (Lipinski definition) is 4. The second-order valence-corrected chi connectivity index (χ2v) is 5.58. The van der Waals surface area contributed by atoms with E-state index in [4.69, 9.17) is 14.2 Å². The number of rotatable bonds is 6. The molecule has 0 aromatic heterocycles.